The van der Waals surface area contributed by atoms with Crippen LogP contribution in [0.1, 0.15) is 58.1 Å². The SMILES string of the molecule is CCOC(=O)C(CC)c1cc(C(C)(C)C)ccc1N. The van der Waals surface area contributed by atoms with Crippen LogP contribution >= 0.6 is 0 Å². The van der Waals surface area contributed by atoms with Gasteiger partial charge in [-0.2, -0.15) is 0 Å². The number of carbonyl (C=O) groups excluding carboxylic acids is 1. The molecule has 106 valence electrons. The van der Waals surface area contributed by atoms with Crippen LogP contribution in [0.4, 0.5) is 5.69 Å². The lowest BCUT2D eigenvalue weighted by Gasteiger charge is -2.23. The molecule has 2 N–H and O–H groups in total. The van der Waals surface area contributed by atoms with Crippen LogP contribution in [0.2, 0.25) is 0 Å². The Morgan fingerprint density at radius 2 is 1.95 bits per heavy atom. The zero-order chi connectivity index (χ0) is 14.6. The molecular formula is C16H25NO2. The summed E-state index contributed by atoms with van der Waals surface area (Å²) in [6.07, 6.45) is 0.691. The third-order valence-corrected chi connectivity index (χ3v) is 3.31. The highest BCUT2D eigenvalue weighted by Gasteiger charge is 2.24. The first-order valence-corrected chi connectivity index (χ1v) is 6.87. The number of nitrogens with two attached hydrogens (primary N) is 1. The second-order valence-electron chi connectivity index (χ2n) is 5.81. The van der Waals surface area contributed by atoms with Crippen molar-refractivity contribution in [3.63, 3.8) is 0 Å². The number of rotatable bonds is 4. The lowest BCUT2D eigenvalue weighted by atomic mass is 9.83. The predicted molar refractivity (Wildman–Crippen MR) is 79.2 cm³/mol. The van der Waals surface area contributed by atoms with Gasteiger partial charge in [0, 0.05) is 5.69 Å². The first-order valence-electron chi connectivity index (χ1n) is 6.87. The number of hydrogen-bond acceptors (Lipinski definition) is 3. The van der Waals surface area contributed by atoms with Crippen molar-refractivity contribution in [1.29, 1.82) is 0 Å². The van der Waals surface area contributed by atoms with Gasteiger partial charge in [-0.05, 0) is 36.0 Å². The van der Waals surface area contributed by atoms with Gasteiger partial charge in [-0.15, -0.1) is 0 Å². The molecule has 0 heterocycles. The fraction of sp³-hybridized carbons (Fsp3) is 0.562. The minimum absolute atomic E-state index is 0.0371. The summed E-state index contributed by atoms with van der Waals surface area (Å²) in [5.74, 6) is -0.468. The van der Waals surface area contributed by atoms with Gasteiger partial charge in [0.05, 0.1) is 12.5 Å². The highest BCUT2D eigenvalue weighted by Crippen LogP contribution is 2.31. The highest BCUT2D eigenvalue weighted by molar-refractivity contribution is 5.80. The van der Waals surface area contributed by atoms with Crippen LogP contribution in [0, 0.1) is 0 Å². The Kier molecular flexibility index (Phi) is 4.98. The van der Waals surface area contributed by atoms with Gasteiger partial charge < -0.3 is 10.5 Å². The summed E-state index contributed by atoms with van der Waals surface area (Å²) in [5, 5.41) is 0. The van der Waals surface area contributed by atoms with E-state index < -0.39 is 0 Å². The van der Waals surface area contributed by atoms with Crippen LogP contribution in [0.5, 0.6) is 0 Å². The molecule has 0 radical (unpaired) electrons. The van der Waals surface area contributed by atoms with Crippen molar-refractivity contribution in [1.82, 2.24) is 0 Å². The van der Waals surface area contributed by atoms with Crippen LogP contribution in [-0.2, 0) is 14.9 Å². The van der Waals surface area contributed by atoms with Crippen LogP contribution < -0.4 is 5.73 Å². The first-order chi connectivity index (χ1) is 8.81. The molecule has 0 saturated heterocycles. The van der Waals surface area contributed by atoms with Crippen molar-refractivity contribution in [3.8, 4) is 0 Å². The molecule has 0 saturated carbocycles. The summed E-state index contributed by atoms with van der Waals surface area (Å²) >= 11 is 0. The van der Waals surface area contributed by atoms with Gasteiger partial charge in [-0.1, -0.05) is 39.8 Å². The van der Waals surface area contributed by atoms with Crippen molar-refractivity contribution in [2.45, 2.75) is 52.4 Å². The van der Waals surface area contributed by atoms with Gasteiger partial charge >= 0.3 is 5.97 Å². The normalized spacial score (nSPS) is 13.1. The van der Waals surface area contributed by atoms with E-state index in [1.54, 1.807) is 0 Å². The van der Waals surface area contributed by atoms with Crippen LogP contribution in [-0.4, -0.2) is 12.6 Å². The molecule has 3 heteroatoms. The topological polar surface area (TPSA) is 52.3 Å². The van der Waals surface area contributed by atoms with E-state index in [1.165, 1.54) is 5.56 Å². The summed E-state index contributed by atoms with van der Waals surface area (Å²) in [4.78, 5) is 12.0. The highest BCUT2D eigenvalue weighted by atomic mass is 16.5. The van der Waals surface area contributed by atoms with Gasteiger partial charge in [0.25, 0.3) is 0 Å². The third kappa shape index (κ3) is 3.72. The number of benzene rings is 1. The lowest BCUT2D eigenvalue weighted by molar-refractivity contribution is -0.145. The summed E-state index contributed by atoms with van der Waals surface area (Å²) < 4.78 is 5.14. The number of carbonyl (C=O) groups is 1. The fourth-order valence-electron chi connectivity index (χ4n) is 2.10. The molecule has 0 aliphatic heterocycles. The fourth-order valence-corrected chi connectivity index (χ4v) is 2.10. The van der Waals surface area contributed by atoms with Crippen LogP contribution in [0.15, 0.2) is 18.2 Å². The van der Waals surface area contributed by atoms with Crippen LogP contribution in [0.3, 0.4) is 0 Å². The summed E-state index contributed by atoms with van der Waals surface area (Å²) in [5.41, 5.74) is 8.80. The molecule has 0 bridgehead atoms. The van der Waals surface area contributed by atoms with E-state index in [2.05, 4.69) is 20.8 Å². The molecule has 0 fully saturated rings. The maximum absolute atomic E-state index is 12.0. The van der Waals surface area contributed by atoms with E-state index >= 15 is 0 Å². The number of anilines is 1. The van der Waals surface area contributed by atoms with Crippen molar-refractivity contribution in [2.24, 2.45) is 0 Å². The van der Waals surface area contributed by atoms with E-state index in [4.69, 9.17) is 10.5 Å². The summed E-state index contributed by atoms with van der Waals surface area (Å²) in [7, 11) is 0. The average molecular weight is 263 g/mol. The van der Waals surface area contributed by atoms with Crippen molar-refractivity contribution in [3.05, 3.63) is 29.3 Å². The third-order valence-electron chi connectivity index (χ3n) is 3.31. The molecule has 1 aromatic carbocycles. The van der Waals surface area contributed by atoms with Gasteiger partial charge in [-0.25, -0.2) is 0 Å². The quantitative estimate of drug-likeness (QED) is 0.666. The van der Waals surface area contributed by atoms with Crippen molar-refractivity contribution in [2.75, 3.05) is 12.3 Å². The maximum atomic E-state index is 12.0. The van der Waals surface area contributed by atoms with E-state index in [-0.39, 0.29) is 17.3 Å². The molecule has 19 heavy (non-hydrogen) atoms. The summed E-state index contributed by atoms with van der Waals surface area (Å²) in [6.45, 7) is 10.6. The maximum Gasteiger partial charge on any atom is 0.313 e. The Morgan fingerprint density at radius 3 is 2.42 bits per heavy atom. The molecular weight excluding hydrogens is 238 g/mol. The van der Waals surface area contributed by atoms with E-state index in [9.17, 15) is 4.79 Å². The molecule has 3 nitrogen and oxygen atoms in total. The number of ether oxygens (including phenoxy) is 1. The molecule has 0 amide bonds. The Bertz CT molecular complexity index is 447. The number of hydrogen-bond donors (Lipinski definition) is 1. The van der Waals surface area contributed by atoms with Gasteiger partial charge in [0.2, 0.25) is 0 Å². The van der Waals surface area contributed by atoms with E-state index in [0.29, 0.717) is 18.7 Å². The first kappa shape index (κ1) is 15.5. The zero-order valence-corrected chi connectivity index (χ0v) is 12.6. The number of nitrogen functional groups attached to an aromatic ring is 1. The Morgan fingerprint density at radius 1 is 1.32 bits per heavy atom. The largest absolute Gasteiger partial charge is 0.466 e. The van der Waals surface area contributed by atoms with Gasteiger partial charge in [0.15, 0.2) is 0 Å². The molecule has 1 aromatic rings. The molecule has 1 rings (SSSR count). The second kappa shape index (κ2) is 6.09. The standard InChI is InChI=1S/C16H25NO2/c1-6-12(15(18)19-7-2)13-10-11(16(3,4)5)8-9-14(13)17/h8-10,12H,6-7,17H2,1-5H3. The molecule has 0 aliphatic rings. The average Bonchev–Trinajstić information content (AvgIpc) is 2.31. The lowest BCUT2D eigenvalue weighted by Crippen LogP contribution is -2.18. The van der Waals surface area contributed by atoms with Gasteiger partial charge in [0.1, 0.15) is 0 Å². The Hall–Kier alpha value is -1.51. The van der Waals surface area contributed by atoms with Crippen LogP contribution in [0.25, 0.3) is 0 Å². The smallest absolute Gasteiger partial charge is 0.313 e. The van der Waals surface area contributed by atoms with E-state index in [1.807, 2.05) is 32.0 Å². The van der Waals surface area contributed by atoms with E-state index in [0.717, 1.165) is 5.56 Å². The van der Waals surface area contributed by atoms with Gasteiger partial charge in [-0.3, -0.25) is 4.79 Å². The summed E-state index contributed by atoms with van der Waals surface area (Å²) in [6, 6.07) is 5.95. The molecule has 1 atom stereocenters. The van der Waals surface area contributed by atoms with Crippen molar-refractivity contribution < 1.29 is 9.53 Å². The Labute approximate surface area is 116 Å². The molecule has 0 spiro atoms. The molecule has 0 aliphatic carbocycles. The predicted octanol–water partition coefficient (Wildman–Crippen LogP) is 3.62. The number of esters is 1. The monoisotopic (exact) mass is 263 g/mol. The second-order valence-corrected chi connectivity index (χ2v) is 5.81. The molecule has 1 unspecified atom stereocenters. The minimum Gasteiger partial charge on any atom is -0.466 e. The zero-order valence-electron chi connectivity index (χ0n) is 12.6. The molecule has 0 aromatic heterocycles. The Balaban J connectivity index is 3.20. The minimum atomic E-state index is -0.276. The van der Waals surface area contributed by atoms with Crippen molar-refractivity contribution >= 4 is 11.7 Å².